The summed E-state index contributed by atoms with van der Waals surface area (Å²) in [6.07, 6.45) is 7.22. The Morgan fingerprint density at radius 1 is 1.12 bits per heavy atom. The molecular weight excluding hydrogens is 224 g/mol. The van der Waals surface area contributed by atoms with Crippen molar-refractivity contribution in [3.8, 4) is 0 Å². The van der Waals surface area contributed by atoms with Crippen LogP contribution in [0.15, 0.2) is 0 Å². The minimum atomic E-state index is 0. The predicted octanol–water partition coefficient (Wildman–Crippen LogP) is 1.56. The molecule has 92 valence electrons. The van der Waals surface area contributed by atoms with Crippen molar-refractivity contribution in [2.75, 3.05) is 7.05 Å². The Balaban J connectivity index is 0.000000963. The number of rotatable bonds is 2. The molecule has 0 aromatic carbocycles. The third kappa shape index (κ3) is 2.21. The molecule has 0 aromatic heterocycles. The van der Waals surface area contributed by atoms with Gasteiger partial charge in [0.15, 0.2) is 0 Å². The number of amides is 1. The zero-order valence-corrected chi connectivity index (χ0v) is 10.6. The first-order valence-electron chi connectivity index (χ1n) is 6.27. The number of nitrogens with one attached hydrogen (secondary N) is 1. The minimum absolute atomic E-state index is 0. The molecule has 0 spiro atoms. The van der Waals surface area contributed by atoms with Crippen molar-refractivity contribution in [1.82, 2.24) is 10.2 Å². The van der Waals surface area contributed by atoms with Crippen molar-refractivity contribution < 1.29 is 4.79 Å². The summed E-state index contributed by atoms with van der Waals surface area (Å²) >= 11 is 0. The van der Waals surface area contributed by atoms with E-state index in [4.69, 9.17) is 0 Å². The van der Waals surface area contributed by atoms with Crippen LogP contribution in [-0.4, -0.2) is 36.0 Å². The summed E-state index contributed by atoms with van der Waals surface area (Å²) in [5.41, 5.74) is 0. The van der Waals surface area contributed by atoms with Crippen LogP contribution in [0.1, 0.15) is 38.5 Å². The molecule has 4 heteroatoms. The predicted molar refractivity (Wildman–Crippen MR) is 65.7 cm³/mol. The maximum Gasteiger partial charge on any atom is 0.225 e. The molecule has 16 heavy (non-hydrogen) atoms. The average molecular weight is 245 g/mol. The second-order valence-corrected chi connectivity index (χ2v) is 5.49. The Morgan fingerprint density at radius 2 is 1.69 bits per heavy atom. The Morgan fingerprint density at radius 3 is 2.19 bits per heavy atom. The number of nitrogens with zero attached hydrogens (tertiary/aromatic N) is 1. The van der Waals surface area contributed by atoms with Gasteiger partial charge in [0.2, 0.25) is 5.91 Å². The third-order valence-electron chi connectivity index (χ3n) is 4.27. The highest BCUT2D eigenvalue weighted by Crippen LogP contribution is 2.34. The summed E-state index contributed by atoms with van der Waals surface area (Å²) in [4.78, 5) is 14.0. The molecule has 3 aliphatic rings. The molecular formula is C12H21ClN2O. The molecule has 0 radical (unpaired) electrons. The normalized spacial score (nSPS) is 36.7. The first kappa shape index (κ1) is 12.2. The van der Waals surface area contributed by atoms with Crippen molar-refractivity contribution in [2.24, 2.45) is 5.92 Å². The van der Waals surface area contributed by atoms with Crippen LogP contribution in [0.2, 0.25) is 0 Å². The molecule has 3 rings (SSSR count). The number of hydrogen-bond donors (Lipinski definition) is 1. The molecule has 2 atom stereocenters. The minimum Gasteiger partial charge on any atom is -0.342 e. The van der Waals surface area contributed by atoms with Gasteiger partial charge in [-0.3, -0.25) is 4.79 Å². The number of fused-ring (bicyclic) bond motifs is 2. The van der Waals surface area contributed by atoms with E-state index in [1.165, 1.54) is 25.7 Å². The summed E-state index contributed by atoms with van der Waals surface area (Å²) in [6, 6.07) is 1.88. The Hall–Kier alpha value is -0.280. The maximum atomic E-state index is 11.9. The third-order valence-corrected chi connectivity index (χ3v) is 4.27. The van der Waals surface area contributed by atoms with Gasteiger partial charge in [-0.1, -0.05) is 0 Å². The van der Waals surface area contributed by atoms with E-state index in [9.17, 15) is 4.79 Å². The smallest absolute Gasteiger partial charge is 0.225 e. The Kier molecular flexibility index (Phi) is 3.45. The van der Waals surface area contributed by atoms with E-state index in [0.29, 0.717) is 30.0 Å². The van der Waals surface area contributed by atoms with Crippen molar-refractivity contribution in [1.29, 1.82) is 0 Å². The second kappa shape index (κ2) is 4.53. The van der Waals surface area contributed by atoms with E-state index in [1.807, 2.05) is 11.9 Å². The topological polar surface area (TPSA) is 32.3 Å². The molecule has 1 N–H and O–H groups in total. The average Bonchev–Trinajstić information content (AvgIpc) is 3.03. The highest BCUT2D eigenvalue weighted by Gasteiger charge is 2.39. The highest BCUT2D eigenvalue weighted by atomic mass is 35.5. The molecule has 2 heterocycles. The van der Waals surface area contributed by atoms with Crippen LogP contribution in [0.5, 0.6) is 0 Å². The van der Waals surface area contributed by atoms with E-state index in [1.54, 1.807) is 0 Å². The molecule has 1 saturated carbocycles. The van der Waals surface area contributed by atoms with Crippen LogP contribution < -0.4 is 5.32 Å². The lowest BCUT2D eigenvalue weighted by Crippen LogP contribution is -2.49. The van der Waals surface area contributed by atoms with Gasteiger partial charge in [-0.15, -0.1) is 12.4 Å². The van der Waals surface area contributed by atoms with Gasteiger partial charge < -0.3 is 10.2 Å². The van der Waals surface area contributed by atoms with Crippen LogP contribution in [0, 0.1) is 5.92 Å². The summed E-state index contributed by atoms with van der Waals surface area (Å²) in [5.74, 6) is 0.781. The second-order valence-electron chi connectivity index (χ2n) is 5.49. The molecule has 0 aromatic rings. The fraction of sp³-hybridized carbons (Fsp3) is 0.917. The standard InChI is InChI=1S/C12H20N2O.ClH/c1-14(12(15)8-2-3-8)11-6-9-4-5-10(7-11)13-9;/h8-11,13H,2-7H2,1H3;1H. The van der Waals surface area contributed by atoms with Gasteiger partial charge in [0.25, 0.3) is 0 Å². The summed E-state index contributed by atoms with van der Waals surface area (Å²) < 4.78 is 0. The zero-order chi connectivity index (χ0) is 10.4. The molecule has 2 aliphatic heterocycles. The molecule has 3 nitrogen and oxygen atoms in total. The first-order chi connectivity index (χ1) is 7.24. The van der Waals surface area contributed by atoms with Crippen molar-refractivity contribution in [3.63, 3.8) is 0 Å². The van der Waals surface area contributed by atoms with E-state index >= 15 is 0 Å². The molecule has 2 saturated heterocycles. The number of hydrogen-bond acceptors (Lipinski definition) is 2. The van der Waals surface area contributed by atoms with Crippen LogP contribution >= 0.6 is 12.4 Å². The van der Waals surface area contributed by atoms with E-state index < -0.39 is 0 Å². The van der Waals surface area contributed by atoms with Gasteiger partial charge in [-0.05, 0) is 38.5 Å². The lowest BCUT2D eigenvalue weighted by Gasteiger charge is -2.35. The number of carbonyl (C=O) groups is 1. The SMILES string of the molecule is CN(C(=O)C1CC1)C1CC2CCC(C1)N2.Cl. The molecule has 1 amide bonds. The highest BCUT2D eigenvalue weighted by molar-refractivity contribution is 5.85. The quantitative estimate of drug-likeness (QED) is 0.800. The monoisotopic (exact) mass is 244 g/mol. The number of carbonyl (C=O) groups excluding carboxylic acids is 1. The van der Waals surface area contributed by atoms with Crippen molar-refractivity contribution in [3.05, 3.63) is 0 Å². The lowest BCUT2D eigenvalue weighted by molar-refractivity contribution is -0.134. The summed E-state index contributed by atoms with van der Waals surface area (Å²) in [5, 5.41) is 3.62. The van der Waals surface area contributed by atoms with Gasteiger partial charge in [0, 0.05) is 31.1 Å². The molecule has 3 fully saturated rings. The van der Waals surface area contributed by atoms with Gasteiger partial charge >= 0.3 is 0 Å². The van der Waals surface area contributed by atoms with Crippen molar-refractivity contribution >= 4 is 18.3 Å². The van der Waals surface area contributed by atoms with E-state index in [-0.39, 0.29) is 12.4 Å². The summed E-state index contributed by atoms with van der Waals surface area (Å²) in [6.45, 7) is 0. The fourth-order valence-electron chi connectivity index (χ4n) is 3.14. The van der Waals surface area contributed by atoms with Gasteiger partial charge in [0.1, 0.15) is 0 Å². The van der Waals surface area contributed by atoms with Gasteiger partial charge in [-0.2, -0.15) is 0 Å². The zero-order valence-electron chi connectivity index (χ0n) is 9.82. The molecule has 2 unspecified atom stereocenters. The molecule has 1 aliphatic carbocycles. The Bertz CT molecular complexity index is 268. The van der Waals surface area contributed by atoms with Crippen LogP contribution in [-0.2, 0) is 4.79 Å². The fourth-order valence-corrected chi connectivity index (χ4v) is 3.14. The molecule has 2 bridgehead atoms. The van der Waals surface area contributed by atoms with Gasteiger partial charge in [0.05, 0.1) is 0 Å². The maximum absolute atomic E-state index is 11.9. The van der Waals surface area contributed by atoms with Crippen LogP contribution in [0.3, 0.4) is 0 Å². The van der Waals surface area contributed by atoms with Gasteiger partial charge in [-0.25, -0.2) is 0 Å². The number of piperidine rings is 1. The van der Waals surface area contributed by atoms with Crippen molar-refractivity contribution in [2.45, 2.75) is 56.7 Å². The lowest BCUT2D eigenvalue weighted by atomic mass is 9.98. The first-order valence-corrected chi connectivity index (χ1v) is 6.27. The largest absolute Gasteiger partial charge is 0.342 e. The number of halogens is 1. The Labute approximate surface area is 103 Å². The van der Waals surface area contributed by atoms with Crippen LogP contribution in [0.4, 0.5) is 0 Å². The van der Waals surface area contributed by atoms with Crippen LogP contribution in [0.25, 0.3) is 0 Å². The van der Waals surface area contributed by atoms with E-state index in [2.05, 4.69) is 5.32 Å². The van der Waals surface area contributed by atoms with E-state index in [0.717, 1.165) is 12.8 Å². The summed E-state index contributed by atoms with van der Waals surface area (Å²) in [7, 11) is 2.01.